The number of hydrogen-bond acceptors (Lipinski definition) is 3. The number of ether oxygens (including phenoxy) is 2. The van der Waals surface area contributed by atoms with Crippen LogP contribution in [0.15, 0.2) is 24.3 Å². The average molecular weight is 264 g/mol. The van der Waals surface area contributed by atoms with Crippen LogP contribution in [-0.4, -0.2) is 38.8 Å². The summed E-state index contributed by atoms with van der Waals surface area (Å²) in [4.78, 5) is 13.1. The average Bonchev–Trinajstić information content (AvgIpc) is 2.38. The SMILES string of the molecule is Cc1ccc(OCC(=O)O[C@@H]2CCC[NH+](C)C2)cc1. The van der Waals surface area contributed by atoms with E-state index in [0.717, 1.165) is 25.9 Å². The van der Waals surface area contributed by atoms with E-state index in [1.165, 1.54) is 10.5 Å². The number of quaternary nitrogens is 1. The Morgan fingerprint density at radius 2 is 2.11 bits per heavy atom. The van der Waals surface area contributed by atoms with E-state index in [-0.39, 0.29) is 18.7 Å². The van der Waals surface area contributed by atoms with Crippen LogP contribution in [0.3, 0.4) is 0 Å². The zero-order chi connectivity index (χ0) is 13.7. The van der Waals surface area contributed by atoms with Crippen LogP contribution in [0.1, 0.15) is 18.4 Å². The van der Waals surface area contributed by atoms with E-state index in [1.54, 1.807) is 0 Å². The number of aryl methyl sites for hydroxylation is 1. The summed E-state index contributed by atoms with van der Waals surface area (Å²) in [5, 5.41) is 0. The van der Waals surface area contributed by atoms with Gasteiger partial charge in [0.25, 0.3) is 0 Å². The second kappa shape index (κ2) is 6.57. The van der Waals surface area contributed by atoms with Crippen molar-refractivity contribution in [1.82, 2.24) is 0 Å². The Morgan fingerprint density at radius 1 is 1.37 bits per heavy atom. The van der Waals surface area contributed by atoms with E-state index in [0.29, 0.717) is 5.75 Å². The molecule has 1 saturated heterocycles. The van der Waals surface area contributed by atoms with Gasteiger partial charge in [-0.15, -0.1) is 0 Å². The number of likely N-dealkylation sites (tertiary alicyclic amines) is 1. The molecule has 1 N–H and O–H groups in total. The topological polar surface area (TPSA) is 40.0 Å². The van der Waals surface area contributed by atoms with Gasteiger partial charge in [-0.1, -0.05) is 17.7 Å². The minimum atomic E-state index is -0.278. The summed E-state index contributed by atoms with van der Waals surface area (Å²) >= 11 is 0. The fourth-order valence-electron chi connectivity index (χ4n) is 2.32. The van der Waals surface area contributed by atoms with Gasteiger partial charge in [0.05, 0.1) is 13.6 Å². The molecule has 0 aromatic heterocycles. The fourth-order valence-corrected chi connectivity index (χ4v) is 2.32. The Balaban J connectivity index is 1.73. The van der Waals surface area contributed by atoms with Crippen LogP contribution in [0, 0.1) is 6.92 Å². The molecule has 1 aromatic carbocycles. The number of likely N-dealkylation sites (N-methyl/N-ethyl adjacent to an activating group) is 1. The molecule has 1 aromatic rings. The standard InChI is InChI=1S/C15H21NO3/c1-12-5-7-13(8-6-12)18-11-15(17)19-14-4-3-9-16(2)10-14/h5-8,14H,3-4,9-11H2,1-2H3/p+1/t14-/m1/s1. The maximum absolute atomic E-state index is 11.7. The number of nitrogens with one attached hydrogen (secondary N) is 1. The van der Waals surface area contributed by atoms with Crippen molar-refractivity contribution in [1.29, 1.82) is 0 Å². The Labute approximate surface area is 114 Å². The van der Waals surface area contributed by atoms with Gasteiger partial charge in [0.15, 0.2) is 12.7 Å². The van der Waals surface area contributed by atoms with Crippen LogP contribution in [-0.2, 0) is 9.53 Å². The summed E-state index contributed by atoms with van der Waals surface area (Å²) in [5.41, 5.74) is 1.17. The Bertz CT molecular complexity index is 416. The van der Waals surface area contributed by atoms with Crippen LogP contribution in [0.25, 0.3) is 0 Å². The van der Waals surface area contributed by atoms with Crippen molar-refractivity contribution in [3.63, 3.8) is 0 Å². The smallest absolute Gasteiger partial charge is 0.344 e. The molecule has 2 atom stereocenters. The van der Waals surface area contributed by atoms with Crippen molar-refractivity contribution in [3.8, 4) is 5.75 Å². The molecule has 1 heterocycles. The number of esters is 1. The molecule has 104 valence electrons. The third kappa shape index (κ3) is 4.56. The molecule has 0 bridgehead atoms. The van der Waals surface area contributed by atoms with Gasteiger partial charge in [-0.3, -0.25) is 0 Å². The summed E-state index contributed by atoms with van der Waals surface area (Å²) < 4.78 is 10.8. The molecular formula is C15H22NO3+. The van der Waals surface area contributed by atoms with Crippen molar-refractivity contribution >= 4 is 5.97 Å². The number of carbonyl (C=O) groups is 1. The second-order valence-corrected chi connectivity index (χ2v) is 5.27. The summed E-state index contributed by atoms with van der Waals surface area (Å²) in [5.74, 6) is 0.425. The molecule has 4 nitrogen and oxygen atoms in total. The zero-order valence-electron chi connectivity index (χ0n) is 11.6. The van der Waals surface area contributed by atoms with Crippen LogP contribution in [0.4, 0.5) is 0 Å². The number of rotatable bonds is 4. The molecule has 4 heteroatoms. The number of benzene rings is 1. The molecule has 0 radical (unpaired) electrons. The highest BCUT2D eigenvalue weighted by molar-refractivity contribution is 5.71. The maximum Gasteiger partial charge on any atom is 0.344 e. The number of carbonyl (C=O) groups excluding carboxylic acids is 1. The van der Waals surface area contributed by atoms with Crippen LogP contribution >= 0.6 is 0 Å². The zero-order valence-corrected chi connectivity index (χ0v) is 11.6. The highest BCUT2D eigenvalue weighted by Crippen LogP contribution is 2.11. The van der Waals surface area contributed by atoms with Gasteiger partial charge in [0, 0.05) is 6.42 Å². The lowest BCUT2D eigenvalue weighted by Gasteiger charge is -2.26. The van der Waals surface area contributed by atoms with E-state index in [4.69, 9.17) is 9.47 Å². The quantitative estimate of drug-likeness (QED) is 0.809. The van der Waals surface area contributed by atoms with E-state index < -0.39 is 0 Å². The Kier molecular flexibility index (Phi) is 4.80. The van der Waals surface area contributed by atoms with Gasteiger partial charge in [0.1, 0.15) is 12.3 Å². The van der Waals surface area contributed by atoms with Gasteiger partial charge in [0.2, 0.25) is 0 Å². The first-order chi connectivity index (χ1) is 9.13. The minimum Gasteiger partial charge on any atom is -0.482 e. The Morgan fingerprint density at radius 3 is 2.79 bits per heavy atom. The van der Waals surface area contributed by atoms with E-state index >= 15 is 0 Å². The molecule has 1 fully saturated rings. The van der Waals surface area contributed by atoms with E-state index in [1.807, 2.05) is 31.2 Å². The third-order valence-electron chi connectivity index (χ3n) is 3.38. The molecule has 1 unspecified atom stereocenters. The first-order valence-electron chi connectivity index (χ1n) is 6.84. The fraction of sp³-hybridized carbons (Fsp3) is 0.533. The first-order valence-corrected chi connectivity index (χ1v) is 6.84. The lowest BCUT2D eigenvalue weighted by molar-refractivity contribution is -0.888. The van der Waals surface area contributed by atoms with Gasteiger partial charge in [-0.25, -0.2) is 4.79 Å². The van der Waals surface area contributed by atoms with Crippen LogP contribution < -0.4 is 9.64 Å². The molecule has 1 aliphatic rings. The molecule has 1 aliphatic heterocycles. The van der Waals surface area contributed by atoms with Crippen LogP contribution in [0.2, 0.25) is 0 Å². The van der Waals surface area contributed by atoms with Crippen molar-refractivity contribution in [2.45, 2.75) is 25.9 Å². The molecule has 2 rings (SSSR count). The predicted octanol–water partition coefficient (Wildman–Crippen LogP) is 0.594. The van der Waals surface area contributed by atoms with Crippen LogP contribution in [0.5, 0.6) is 5.75 Å². The normalized spacial score (nSPS) is 22.8. The van der Waals surface area contributed by atoms with Crippen molar-refractivity contribution < 1.29 is 19.2 Å². The monoisotopic (exact) mass is 264 g/mol. The van der Waals surface area contributed by atoms with Crippen molar-refractivity contribution in [2.24, 2.45) is 0 Å². The molecular weight excluding hydrogens is 242 g/mol. The summed E-state index contributed by atoms with van der Waals surface area (Å²) in [7, 11) is 2.13. The maximum atomic E-state index is 11.7. The minimum absolute atomic E-state index is 0.0153. The lowest BCUT2D eigenvalue weighted by Crippen LogP contribution is -3.11. The van der Waals surface area contributed by atoms with Crippen molar-refractivity contribution in [3.05, 3.63) is 29.8 Å². The second-order valence-electron chi connectivity index (χ2n) is 5.27. The van der Waals surface area contributed by atoms with E-state index in [9.17, 15) is 4.79 Å². The summed E-state index contributed by atoms with van der Waals surface area (Å²) in [6.07, 6.45) is 2.12. The molecule has 0 spiro atoms. The van der Waals surface area contributed by atoms with Gasteiger partial charge in [-0.2, -0.15) is 0 Å². The molecule has 0 saturated carbocycles. The first kappa shape index (κ1) is 13.9. The molecule has 0 aliphatic carbocycles. The molecule has 19 heavy (non-hydrogen) atoms. The largest absolute Gasteiger partial charge is 0.482 e. The summed E-state index contributed by atoms with van der Waals surface area (Å²) in [6.45, 7) is 4.06. The van der Waals surface area contributed by atoms with Crippen molar-refractivity contribution in [2.75, 3.05) is 26.7 Å². The van der Waals surface area contributed by atoms with Gasteiger partial charge < -0.3 is 14.4 Å². The highest BCUT2D eigenvalue weighted by Gasteiger charge is 2.23. The Hall–Kier alpha value is -1.55. The summed E-state index contributed by atoms with van der Waals surface area (Å²) in [6, 6.07) is 7.64. The molecule has 0 amide bonds. The number of piperidine rings is 1. The highest BCUT2D eigenvalue weighted by atomic mass is 16.6. The predicted molar refractivity (Wildman–Crippen MR) is 72.4 cm³/mol. The number of hydrogen-bond donors (Lipinski definition) is 1. The lowest BCUT2D eigenvalue weighted by atomic mass is 10.1. The van der Waals surface area contributed by atoms with Gasteiger partial charge >= 0.3 is 5.97 Å². The third-order valence-corrected chi connectivity index (χ3v) is 3.38. The van der Waals surface area contributed by atoms with Gasteiger partial charge in [-0.05, 0) is 25.5 Å². The van der Waals surface area contributed by atoms with E-state index in [2.05, 4.69) is 7.05 Å².